The van der Waals surface area contributed by atoms with E-state index in [0.29, 0.717) is 0 Å². The second-order valence-electron chi connectivity index (χ2n) is 7.00. The average molecular weight is 382 g/mol. The van der Waals surface area contributed by atoms with Crippen LogP contribution in [0.25, 0.3) is 0 Å². The lowest BCUT2D eigenvalue weighted by atomic mass is 9.86. The molecule has 29 heavy (non-hydrogen) atoms. The zero-order valence-electron chi connectivity index (χ0n) is 15.9. The fourth-order valence-corrected chi connectivity index (χ4v) is 3.40. The van der Waals surface area contributed by atoms with Crippen molar-refractivity contribution >= 4 is 0 Å². The summed E-state index contributed by atoms with van der Waals surface area (Å²) in [6, 6.07) is 32.5. The first kappa shape index (κ1) is 18.6. The Labute approximate surface area is 170 Å². The zero-order valence-corrected chi connectivity index (χ0v) is 15.9. The molecule has 1 atom stereocenters. The SMILES string of the molecule is Oc1ccc(CC(c2ccc(O)cc2)c2ccc(Oc3ccccc3)cc2)cc1. The highest BCUT2D eigenvalue weighted by Crippen LogP contribution is 2.32. The molecule has 3 nitrogen and oxygen atoms in total. The van der Waals surface area contributed by atoms with Gasteiger partial charge in [-0.3, -0.25) is 0 Å². The Morgan fingerprint density at radius 3 is 1.62 bits per heavy atom. The highest BCUT2D eigenvalue weighted by atomic mass is 16.5. The van der Waals surface area contributed by atoms with Crippen LogP contribution in [0.2, 0.25) is 0 Å². The molecule has 0 saturated carbocycles. The van der Waals surface area contributed by atoms with Crippen LogP contribution in [0, 0.1) is 0 Å². The molecule has 0 bridgehead atoms. The van der Waals surface area contributed by atoms with Crippen molar-refractivity contribution in [3.05, 3.63) is 120 Å². The van der Waals surface area contributed by atoms with E-state index in [2.05, 4.69) is 12.1 Å². The monoisotopic (exact) mass is 382 g/mol. The van der Waals surface area contributed by atoms with Crippen molar-refractivity contribution in [1.29, 1.82) is 0 Å². The molecular formula is C26H22O3. The highest BCUT2D eigenvalue weighted by molar-refractivity contribution is 5.41. The lowest BCUT2D eigenvalue weighted by molar-refractivity contribution is 0.474. The van der Waals surface area contributed by atoms with Crippen LogP contribution in [0.5, 0.6) is 23.0 Å². The Balaban J connectivity index is 1.61. The van der Waals surface area contributed by atoms with Crippen LogP contribution in [-0.4, -0.2) is 10.2 Å². The molecule has 0 aliphatic heterocycles. The summed E-state index contributed by atoms with van der Waals surface area (Å²) in [5.41, 5.74) is 3.40. The maximum Gasteiger partial charge on any atom is 0.127 e. The molecule has 0 aliphatic rings. The van der Waals surface area contributed by atoms with Crippen LogP contribution >= 0.6 is 0 Å². The van der Waals surface area contributed by atoms with Gasteiger partial charge in [-0.15, -0.1) is 0 Å². The summed E-state index contributed by atoms with van der Waals surface area (Å²) in [4.78, 5) is 0. The van der Waals surface area contributed by atoms with Gasteiger partial charge in [0.1, 0.15) is 23.0 Å². The predicted molar refractivity (Wildman–Crippen MR) is 115 cm³/mol. The van der Waals surface area contributed by atoms with Crippen molar-refractivity contribution < 1.29 is 14.9 Å². The summed E-state index contributed by atoms with van der Waals surface area (Å²) in [6.07, 6.45) is 0.782. The largest absolute Gasteiger partial charge is 0.508 e. The third-order valence-corrected chi connectivity index (χ3v) is 4.93. The van der Waals surface area contributed by atoms with Gasteiger partial charge in [-0.05, 0) is 71.6 Å². The number of rotatable bonds is 6. The Morgan fingerprint density at radius 1 is 0.552 bits per heavy atom. The number of phenolic OH excluding ortho intramolecular Hbond substituents is 2. The fourth-order valence-electron chi connectivity index (χ4n) is 3.40. The summed E-state index contributed by atoms with van der Waals surface area (Å²) >= 11 is 0. The summed E-state index contributed by atoms with van der Waals surface area (Å²) in [5, 5.41) is 19.2. The number of hydrogen-bond donors (Lipinski definition) is 2. The molecule has 0 amide bonds. The molecule has 4 rings (SSSR count). The summed E-state index contributed by atoms with van der Waals surface area (Å²) in [6.45, 7) is 0. The van der Waals surface area contributed by atoms with Crippen LogP contribution in [0.1, 0.15) is 22.6 Å². The molecule has 4 aromatic carbocycles. The molecule has 0 heterocycles. The minimum absolute atomic E-state index is 0.117. The molecule has 2 N–H and O–H groups in total. The van der Waals surface area contributed by atoms with Crippen molar-refractivity contribution in [1.82, 2.24) is 0 Å². The van der Waals surface area contributed by atoms with Gasteiger partial charge in [-0.25, -0.2) is 0 Å². The number of phenols is 2. The van der Waals surface area contributed by atoms with E-state index in [-0.39, 0.29) is 17.4 Å². The van der Waals surface area contributed by atoms with Crippen molar-refractivity contribution in [3.63, 3.8) is 0 Å². The van der Waals surface area contributed by atoms with E-state index < -0.39 is 0 Å². The number of aromatic hydroxyl groups is 2. The Hall–Kier alpha value is -3.72. The molecule has 0 spiro atoms. The molecule has 3 heteroatoms. The third kappa shape index (κ3) is 4.77. The van der Waals surface area contributed by atoms with Gasteiger partial charge in [-0.1, -0.05) is 54.6 Å². The lowest BCUT2D eigenvalue weighted by Crippen LogP contribution is -2.05. The first-order valence-electron chi connectivity index (χ1n) is 9.57. The van der Waals surface area contributed by atoms with Crippen LogP contribution in [-0.2, 0) is 6.42 Å². The van der Waals surface area contributed by atoms with E-state index in [1.165, 1.54) is 0 Å². The minimum Gasteiger partial charge on any atom is -0.508 e. The summed E-state index contributed by atoms with van der Waals surface area (Å²) < 4.78 is 5.91. The van der Waals surface area contributed by atoms with E-state index in [1.807, 2.05) is 66.7 Å². The molecule has 144 valence electrons. The van der Waals surface area contributed by atoms with Crippen molar-refractivity contribution in [3.8, 4) is 23.0 Å². The number of ether oxygens (including phenoxy) is 1. The predicted octanol–water partition coefficient (Wildman–Crippen LogP) is 6.26. The quantitative estimate of drug-likeness (QED) is 0.413. The Bertz CT molecular complexity index is 1040. The molecule has 0 radical (unpaired) electrons. The van der Waals surface area contributed by atoms with Gasteiger partial charge in [0.25, 0.3) is 0 Å². The van der Waals surface area contributed by atoms with Crippen LogP contribution in [0.3, 0.4) is 0 Å². The molecule has 0 fully saturated rings. The van der Waals surface area contributed by atoms with Crippen LogP contribution in [0.4, 0.5) is 0 Å². The lowest BCUT2D eigenvalue weighted by Gasteiger charge is -2.19. The average Bonchev–Trinajstić information content (AvgIpc) is 2.76. The van der Waals surface area contributed by atoms with Gasteiger partial charge in [-0.2, -0.15) is 0 Å². The molecule has 0 saturated heterocycles. The number of hydrogen-bond acceptors (Lipinski definition) is 3. The summed E-state index contributed by atoms with van der Waals surface area (Å²) in [5.74, 6) is 2.22. The van der Waals surface area contributed by atoms with Crippen LogP contribution < -0.4 is 4.74 Å². The van der Waals surface area contributed by atoms with Gasteiger partial charge in [0, 0.05) is 5.92 Å². The topological polar surface area (TPSA) is 49.7 Å². The first-order chi connectivity index (χ1) is 14.2. The normalized spacial score (nSPS) is 11.7. The first-order valence-corrected chi connectivity index (χ1v) is 9.57. The standard InChI is InChI=1S/C26H22O3/c27-22-12-6-19(7-13-22)18-26(20-8-14-23(28)15-9-20)21-10-16-25(17-11-21)29-24-4-2-1-3-5-24/h1-17,26-28H,18H2. The minimum atomic E-state index is 0.117. The molecule has 0 aromatic heterocycles. The van der Waals surface area contributed by atoms with Gasteiger partial charge in [0.05, 0.1) is 0 Å². The zero-order chi connectivity index (χ0) is 20.1. The van der Waals surface area contributed by atoms with Gasteiger partial charge >= 0.3 is 0 Å². The van der Waals surface area contributed by atoms with E-state index >= 15 is 0 Å². The molecular weight excluding hydrogens is 360 g/mol. The van der Waals surface area contributed by atoms with Gasteiger partial charge in [0.2, 0.25) is 0 Å². The van der Waals surface area contributed by atoms with Crippen molar-refractivity contribution in [2.75, 3.05) is 0 Å². The van der Waals surface area contributed by atoms with E-state index in [4.69, 9.17) is 4.74 Å². The van der Waals surface area contributed by atoms with E-state index in [0.717, 1.165) is 34.6 Å². The van der Waals surface area contributed by atoms with E-state index in [9.17, 15) is 10.2 Å². The van der Waals surface area contributed by atoms with Crippen molar-refractivity contribution in [2.45, 2.75) is 12.3 Å². The second-order valence-corrected chi connectivity index (χ2v) is 7.00. The number of benzene rings is 4. The Kier molecular flexibility index (Phi) is 5.48. The second kappa shape index (κ2) is 8.53. The van der Waals surface area contributed by atoms with Crippen molar-refractivity contribution in [2.24, 2.45) is 0 Å². The highest BCUT2D eigenvalue weighted by Gasteiger charge is 2.16. The van der Waals surface area contributed by atoms with Crippen LogP contribution in [0.15, 0.2) is 103 Å². The molecule has 1 unspecified atom stereocenters. The molecule has 4 aromatic rings. The smallest absolute Gasteiger partial charge is 0.127 e. The van der Waals surface area contributed by atoms with E-state index in [1.54, 1.807) is 24.3 Å². The van der Waals surface area contributed by atoms with Gasteiger partial charge < -0.3 is 14.9 Å². The maximum absolute atomic E-state index is 9.66. The number of para-hydroxylation sites is 1. The fraction of sp³-hybridized carbons (Fsp3) is 0.0769. The Morgan fingerprint density at radius 2 is 1.03 bits per heavy atom. The summed E-state index contributed by atoms with van der Waals surface area (Å²) in [7, 11) is 0. The molecule has 0 aliphatic carbocycles. The maximum atomic E-state index is 9.66. The third-order valence-electron chi connectivity index (χ3n) is 4.93. The van der Waals surface area contributed by atoms with Gasteiger partial charge in [0.15, 0.2) is 0 Å².